The van der Waals surface area contributed by atoms with Gasteiger partial charge in [-0.15, -0.1) is 0 Å². The van der Waals surface area contributed by atoms with Gasteiger partial charge in [0.1, 0.15) is 17.7 Å². The zero-order valence-corrected chi connectivity index (χ0v) is 16.7. The van der Waals surface area contributed by atoms with E-state index in [1.807, 2.05) is 0 Å². The molecule has 164 valence electrons. The largest absolute Gasteiger partial charge is 0.504 e. The molecule has 0 bridgehead atoms. The number of ether oxygens (including phenoxy) is 2. The van der Waals surface area contributed by atoms with Crippen LogP contribution in [0, 0.1) is 0 Å². The van der Waals surface area contributed by atoms with Gasteiger partial charge in [-0.25, -0.2) is 4.39 Å². The lowest BCUT2D eigenvalue weighted by Crippen LogP contribution is -2.56. The van der Waals surface area contributed by atoms with Gasteiger partial charge in [0.2, 0.25) is 6.29 Å². The average molecular weight is 439 g/mol. The lowest BCUT2D eigenvalue weighted by Gasteiger charge is -2.38. The van der Waals surface area contributed by atoms with E-state index in [1.54, 1.807) is 24.3 Å². The van der Waals surface area contributed by atoms with Crippen molar-refractivity contribution in [1.82, 2.24) is 4.98 Å². The third-order valence-electron chi connectivity index (χ3n) is 5.86. The highest BCUT2D eigenvalue weighted by atomic mass is 19.1. The van der Waals surface area contributed by atoms with Gasteiger partial charge >= 0.3 is 0 Å². The molecule has 5 rings (SSSR count). The van der Waals surface area contributed by atoms with Crippen LogP contribution in [0.15, 0.2) is 42.6 Å². The normalized spacial score (nSPS) is 27.2. The summed E-state index contributed by atoms with van der Waals surface area (Å²) in [6, 6.07) is 9.34. The maximum absolute atomic E-state index is 14.7. The first-order valence-corrected chi connectivity index (χ1v) is 9.95. The Morgan fingerprint density at radius 3 is 2.34 bits per heavy atom. The number of ketones is 2. The van der Waals surface area contributed by atoms with Crippen molar-refractivity contribution in [2.75, 3.05) is 0 Å². The van der Waals surface area contributed by atoms with Crippen molar-refractivity contribution in [1.29, 1.82) is 0 Å². The molecule has 0 unspecified atom stereocenters. The number of aliphatic hydroxyl groups excluding tert-OH is 2. The summed E-state index contributed by atoms with van der Waals surface area (Å²) in [6.45, 7) is 1.43. The molecule has 1 aliphatic heterocycles. The number of benzene rings is 2. The molecular formula is C23H18FNO7. The molecule has 1 aromatic heterocycles. The highest BCUT2D eigenvalue weighted by Crippen LogP contribution is 2.45. The molecule has 2 heterocycles. The lowest BCUT2D eigenvalue weighted by atomic mass is 9.81. The summed E-state index contributed by atoms with van der Waals surface area (Å²) in [5, 5.41) is 31.0. The van der Waals surface area contributed by atoms with Crippen LogP contribution in [0.4, 0.5) is 4.39 Å². The van der Waals surface area contributed by atoms with Gasteiger partial charge in [0.15, 0.2) is 29.2 Å². The highest BCUT2D eigenvalue weighted by molar-refractivity contribution is 6.33. The van der Waals surface area contributed by atoms with Crippen molar-refractivity contribution < 1.29 is 38.8 Å². The molecule has 5 atom stereocenters. The average Bonchev–Trinajstić information content (AvgIpc) is 2.80. The maximum Gasteiger partial charge on any atom is 0.234 e. The number of hydrogen-bond donors (Lipinski definition) is 3. The minimum absolute atomic E-state index is 0.0214. The summed E-state index contributed by atoms with van der Waals surface area (Å²) in [5.41, 5.74) is 0.0526. The van der Waals surface area contributed by atoms with Crippen molar-refractivity contribution in [2.24, 2.45) is 0 Å². The van der Waals surface area contributed by atoms with E-state index < -0.39 is 48.1 Å². The molecule has 2 aromatic carbocycles. The quantitative estimate of drug-likeness (QED) is 0.432. The van der Waals surface area contributed by atoms with E-state index in [4.69, 9.17) is 9.47 Å². The molecule has 0 saturated carbocycles. The Morgan fingerprint density at radius 1 is 1.00 bits per heavy atom. The number of halogens is 1. The molecule has 8 nitrogen and oxygen atoms in total. The van der Waals surface area contributed by atoms with Crippen LogP contribution in [0.25, 0.3) is 10.9 Å². The number of alkyl halides is 1. The number of pyridine rings is 1. The SMILES string of the molecule is C[C@@H]1O[C@@H](Oc2c(O)c3c(c4cccnc24)C(=O)c2ccccc2C3=O)[C@H](F)[C@H](O)[C@@H]1O. The molecule has 3 N–H and O–H groups in total. The van der Waals surface area contributed by atoms with Crippen LogP contribution in [-0.2, 0) is 4.74 Å². The summed E-state index contributed by atoms with van der Waals surface area (Å²) in [4.78, 5) is 30.6. The van der Waals surface area contributed by atoms with E-state index in [9.17, 15) is 29.3 Å². The number of fused-ring (bicyclic) bond motifs is 4. The Labute approximate surface area is 180 Å². The fraction of sp³-hybridized carbons (Fsp3) is 0.261. The molecule has 0 amide bonds. The predicted molar refractivity (Wildman–Crippen MR) is 109 cm³/mol. The monoisotopic (exact) mass is 439 g/mol. The molecule has 3 aromatic rings. The van der Waals surface area contributed by atoms with Crippen molar-refractivity contribution >= 4 is 22.5 Å². The van der Waals surface area contributed by atoms with Crippen LogP contribution >= 0.6 is 0 Å². The first kappa shape index (κ1) is 20.5. The lowest BCUT2D eigenvalue weighted by molar-refractivity contribution is -0.251. The fourth-order valence-electron chi connectivity index (χ4n) is 4.19. The second-order valence-electron chi connectivity index (χ2n) is 7.78. The third-order valence-corrected chi connectivity index (χ3v) is 5.86. The Bertz CT molecular complexity index is 1280. The van der Waals surface area contributed by atoms with E-state index >= 15 is 0 Å². The second kappa shape index (κ2) is 7.33. The van der Waals surface area contributed by atoms with E-state index in [2.05, 4.69) is 4.98 Å². The summed E-state index contributed by atoms with van der Waals surface area (Å²) in [7, 11) is 0. The standard InChI is InChI=1S/C23H18FNO7/c1-9-17(26)21(30)15(24)23(31-9)32-22-16-12(7-4-8-25-16)13-14(20(22)29)19(28)11-6-3-2-5-10(11)18(13)27/h2-9,15,17,21,23,26,29-30H,1H3/t9-,15+,17+,21-,23-/m0/s1. The second-order valence-corrected chi connectivity index (χ2v) is 7.78. The van der Waals surface area contributed by atoms with Crippen molar-refractivity contribution in [2.45, 2.75) is 37.7 Å². The third kappa shape index (κ3) is 2.82. The molecule has 1 fully saturated rings. The number of phenols is 1. The minimum atomic E-state index is -2.14. The number of phenolic OH excluding ortho intramolecular Hbond substituents is 1. The van der Waals surface area contributed by atoms with Crippen LogP contribution in [0.2, 0.25) is 0 Å². The fourth-order valence-corrected chi connectivity index (χ4v) is 4.19. The topological polar surface area (TPSA) is 126 Å². The summed E-state index contributed by atoms with van der Waals surface area (Å²) < 4.78 is 25.6. The number of aromatic hydroxyl groups is 1. The zero-order valence-electron chi connectivity index (χ0n) is 16.7. The van der Waals surface area contributed by atoms with Crippen LogP contribution in [0.3, 0.4) is 0 Å². The summed E-state index contributed by atoms with van der Waals surface area (Å²) in [5.74, 6) is -2.08. The van der Waals surface area contributed by atoms with Gasteiger partial charge < -0.3 is 24.8 Å². The molecule has 2 aliphatic rings. The smallest absolute Gasteiger partial charge is 0.234 e. The number of nitrogens with zero attached hydrogens (tertiary/aromatic N) is 1. The number of aliphatic hydroxyl groups is 2. The van der Waals surface area contributed by atoms with Crippen molar-refractivity contribution in [3.63, 3.8) is 0 Å². The molecular weight excluding hydrogens is 421 g/mol. The first-order chi connectivity index (χ1) is 15.3. The molecule has 0 spiro atoms. The van der Waals surface area contributed by atoms with E-state index in [1.165, 1.54) is 25.3 Å². The van der Waals surface area contributed by atoms with Crippen LogP contribution in [-0.4, -0.2) is 62.6 Å². The molecule has 1 saturated heterocycles. The zero-order chi connectivity index (χ0) is 22.7. The number of hydrogen-bond acceptors (Lipinski definition) is 8. The Hall–Kier alpha value is -3.40. The Balaban J connectivity index is 1.70. The van der Waals surface area contributed by atoms with Gasteiger partial charge in [0.05, 0.1) is 11.7 Å². The van der Waals surface area contributed by atoms with Gasteiger partial charge in [0.25, 0.3) is 0 Å². The predicted octanol–water partition coefficient (Wildman–Crippen LogP) is 1.90. The number of carbonyl (C=O) groups is 2. The Morgan fingerprint density at radius 2 is 1.66 bits per heavy atom. The molecule has 1 aliphatic carbocycles. The van der Waals surface area contributed by atoms with Gasteiger partial charge in [-0.05, 0) is 13.0 Å². The minimum Gasteiger partial charge on any atom is -0.504 e. The van der Waals surface area contributed by atoms with E-state index in [0.29, 0.717) is 0 Å². The van der Waals surface area contributed by atoms with Crippen LogP contribution < -0.4 is 4.74 Å². The van der Waals surface area contributed by atoms with Crippen LogP contribution in [0.5, 0.6) is 11.5 Å². The molecule has 0 radical (unpaired) electrons. The van der Waals surface area contributed by atoms with E-state index in [-0.39, 0.29) is 38.9 Å². The first-order valence-electron chi connectivity index (χ1n) is 9.95. The van der Waals surface area contributed by atoms with Crippen LogP contribution in [0.1, 0.15) is 38.8 Å². The van der Waals surface area contributed by atoms with Gasteiger partial charge in [-0.1, -0.05) is 30.3 Å². The Kier molecular flexibility index (Phi) is 4.70. The molecule has 9 heteroatoms. The van der Waals surface area contributed by atoms with Gasteiger partial charge in [-0.2, -0.15) is 0 Å². The maximum atomic E-state index is 14.7. The number of carbonyl (C=O) groups excluding carboxylic acids is 2. The number of rotatable bonds is 2. The number of aromatic nitrogens is 1. The summed E-state index contributed by atoms with van der Waals surface area (Å²) >= 11 is 0. The molecule has 32 heavy (non-hydrogen) atoms. The summed E-state index contributed by atoms with van der Waals surface area (Å²) in [6.07, 6.45) is -6.66. The van der Waals surface area contributed by atoms with Gasteiger partial charge in [-0.3, -0.25) is 14.6 Å². The highest BCUT2D eigenvalue weighted by Gasteiger charge is 2.45. The van der Waals surface area contributed by atoms with Gasteiger partial charge in [0, 0.05) is 28.3 Å². The van der Waals surface area contributed by atoms with Crippen molar-refractivity contribution in [3.05, 3.63) is 64.8 Å². The van der Waals surface area contributed by atoms with E-state index in [0.717, 1.165) is 0 Å². The van der Waals surface area contributed by atoms with Crippen molar-refractivity contribution in [3.8, 4) is 11.5 Å².